The minimum atomic E-state index is -0.0694. The van der Waals surface area contributed by atoms with Gasteiger partial charge < -0.3 is 0 Å². The van der Waals surface area contributed by atoms with Gasteiger partial charge >= 0.3 is 22.1 Å². The van der Waals surface area contributed by atoms with Gasteiger partial charge in [-0.25, -0.2) is 0 Å². The van der Waals surface area contributed by atoms with Gasteiger partial charge in [-0.3, -0.25) is 0 Å². The van der Waals surface area contributed by atoms with Gasteiger partial charge in [-0.1, -0.05) is 0 Å². The summed E-state index contributed by atoms with van der Waals surface area (Å²) < 4.78 is 8.70. The van der Waals surface area contributed by atoms with E-state index >= 15 is 0 Å². The molecule has 0 aromatic carbocycles. The van der Waals surface area contributed by atoms with E-state index < -0.39 is 0 Å². The van der Waals surface area contributed by atoms with Crippen LogP contribution in [-0.4, -0.2) is 12.6 Å². The van der Waals surface area contributed by atoms with Crippen LogP contribution in [0, 0.1) is 0 Å². The standard InChI is InChI=1S/BHO3/c2-1-4-3/h3H. The molecule has 0 fully saturated rings. The van der Waals surface area contributed by atoms with E-state index in [9.17, 15) is 0 Å². The molecule has 1 N–H and O–H groups in total. The first-order chi connectivity index (χ1) is 1.91. The molecule has 0 aliphatic heterocycles. The third-order valence-corrected chi connectivity index (χ3v) is 0.0430. The summed E-state index contributed by atoms with van der Waals surface area (Å²) in [5, 5.41) is 7.01. The Bertz CT molecular complexity index is 17.2. The summed E-state index contributed by atoms with van der Waals surface area (Å²) in [6.07, 6.45) is 0. The van der Waals surface area contributed by atoms with Gasteiger partial charge in [0.05, 0.1) is 0 Å². The summed E-state index contributed by atoms with van der Waals surface area (Å²) in [4.78, 5) is 2.86. The normalized spacial score (nSPS) is 4.25. The molecular formula is HBO3. The maximum atomic E-state index is 8.70. The van der Waals surface area contributed by atoms with Crippen LogP contribution >= 0.6 is 0 Å². The van der Waals surface area contributed by atoms with Gasteiger partial charge in [0.2, 0.25) is 0 Å². The molecule has 0 aromatic rings. The van der Waals surface area contributed by atoms with Gasteiger partial charge in [0, 0.05) is 0 Å². The van der Waals surface area contributed by atoms with Crippen LogP contribution in [0.25, 0.3) is 0 Å². The van der Waals surface area contributed by atoms with Crippen molar-refractivity contribution in [1.29, 1.82) is 0 Å². The molecule has 0 aliphatic rings. The summed E-state index contributed by atoms with van der Waals surface area (Å²) >= 11 is 0. The molecule has 3 nitrogen and oxygen atoms in total. The zero-order chi connectivity index (χ0) is 3.41. The Balaban J connectivity index is 2.30. The van der Waals surface area contributed by atoms with E-state index in [0.29, 0.717) is 0 Å². The van der Waals surface area contributed by atoms with E-state index in [2.05, 4.69) is 4.81 Å². The second kappa shape index (κ2) is 2.62. The average molecular weight is 59.8 g/mol. The van der Waals surface area contributed by atoms with Crippen LogP contribution in [0.2, 0.25) is 0 Å². The molecule has 22 valence electrons. The molecule has 0 saturated heterocycles. The van der Waals surface area contributed by atoms with E-state index in [4.69, 9.17) is 9.96 Å². The molecule has 0 spiro atoms. The Morgan fingerprint density at radius 3 is 2.25 bits per heavy atom. The Morgan fingerprint density at radius 2 is 2.25 bits per heavy atom. The first kappa shape index (κ1) is 3.62. The Hall–Kier alpha value is -0.375. The molecule has 0 radical (unpaired) electrons. The minimum absolute atomic E-state index is 0.0694. The van der Waals surface area contributed by atoms with Crippen molar-refractivity contribution < 1.29 is 14.8 Å². The number of hydrogen-bond acceptors (Lipinski definition) is 3. The van der Waals surface area contributed by atoms with Crippen molar-refractivity contribution >= 4 is 7.35 Å². The quantitative estimate of drug-likeness (QED) is 0.250. The SMILES string of the molecule is O=BOO. The Labute approximate surface area is 23.4 Å². The van der Waals surface area contributed by atoms with E-state index in [-0.39, 0.29) is 7.35 Å². The Kier molecular flexibility index (Phi) is 2.38. The van der Waals surface area contributed by atoms with E-state index in [1.165, 1.54) is 0 Å². The molecule has 0 rings (SSSR count). The summed E-state index contributed by atoms with van der Waals surface area (Å²) in [5.74, 6) is 0. The molecule has 0 aromatic heterocycles. The fourth-order valence-electron chi connectivity index (χ4n) is 0. The summed E-state index contributed by atoms with van der Waals surface area (Å²) in [7, 11) is -0.0694. The Morgan fingerprint density at radius 1 is 2.00 bits per heavy atom. The van der Waals surface area contributed by atoms with Gasteiger partial charge in [-0.2, -0.15) is 0 Å². The molecule has 0 amide bonds. The van der Waals surface area contributed by atoms with Gasteiger partial charge in [-0.15, -0.1) is 0 Å². The predicted octanol–water partition coefficient (Wildman–Crippen LogP) is -0.559. The van der Waals surface area contributed by atoms with Gasteiger partial charge in [-0.05, 0) is 0 Å². The number of rotatable bonds is 1. The van der Waals surface area contributed by atoms with Crippen LogP contribution in [0.1, 0.15) is 0 Å². The van der Waals surface area contributed by atoms with Crippen molar-refractivity contribution in [1.82, 2.24) is 0 Å². The van der Waals surface area contributed by atoms with Crippen molar-refractivity contribution in [3.05, 3.63) is 0 Å². The second-order valence-corrected chi connectivity index (χ2v) is 0.202. The van der Waals surface area contributed by atoms with E-state index in [0.717, 1.165) is 0 Å². The third-order valence-electron chi connectivity index (χ3n) is 0.0430. The molecule has 0 heterocycles. The van der Waals surface area contributed by atoms with Crippen LogP contribution in [0.4, 0.5) is 0 Å². The molecule has 0 saturated carbocycles. The van der Waals surface area contributed by atoms with Crippen molar-refractivity contribution in [2.75, 3.05) is 0 Å². The van der Waals surface area contributed by atoms with Crippen molar-refractivity contribution in [3.63, 3.8) is 0 Å². The summed E-state index contributed by atoms with van der Waals surface area (Å²) in [6.45, 7) is 0. The van der Waals surface area contributed by atoms with Crippen molar-refractivity contribution in [3.8, 4) is 0 Å². The molecule has 4 heavy (non-hydrogen) atoms. The first-order valence-corrected chi connectivity index (χ1v) is 0.654. The molecular weight excluding hydrogens is 58.8 g/mol. The summed E-state index contributed by atoms with van der Waals surface area (Å²) in [5.41, 5.74) is 0. The van der Waals surface area contributed by atoms with Crippen molar-refractivity contribution in [2.45, 2.75) is 0 Å². The fourth-order valence-corrected chi connectivity index (χ4v) is 0. The molecule has 4 heteroatoms. The van der Waals surface area contributed by atoms with E-state index in [1.54, 1.807) is 0 Å². The van der Waals surface area contributed by atoms with Gasteiger partial charge in [0.25, 0.3) is 0 Å². The molecule has 0 atom stereocenters. The molecule has 0 unspecified atom stereocenters. The van der Waals surface area contributed by atoms with Crippen molar-refractivity contribution in [2.24, 2.45) is 0 Å². The maximum absolute atomic E-state index is 8.70. The molecule has 0 bridgehead atoms. The van der Waals surface area contributed by atoms with Crippen LogP contribution in [0.5, 0.6) is 0 Å². The third kappa shape index (κ3) is 1.62. The fraction of sp³-hybridized carbons (Fsp3) is 0. The van der Waals surface area contributed by atoms with Crippen LogP contribution < -0.4 is 0 Å². The van der Waals surface area contributed by atoms with Crippen LogP contribution in [0.3, 0.4) is 0 Å². The summed E-state index contributed by atoms with van der Waals surface area (Å²) in [6, 6.07) is 0. The topological polar surface area (TPSA) is 46.5 Å². The van der Waals surface area contributed by atoms with Crippen LogP contribution in [-0.2, 0) is 9.51 Å². The van der Waals surface area contributed by atoms with E-state index in [1.807, 2.05) is 0 Å². The predicted molar refractivity (Wildman–Crippen MR) is 10.2 cm³/mol. The average Bonchev–Trinajstić information content (AvgIpc) is 1.37. The van der Waals surface area contributed by atoms with Gasteiger partial charge in [0.1, 0.15) is 0 Å². The monoisotopic (exact) mass is 60.0 g/mol. The second-order valence-electron chi connectivity index (χ2n) is 0.202. The zero-order valence-electron chi connectivity index (χ0n) is 1.84. The first-order valence-electron chi connectivity index (χ1n) is 0.654. The van der Waals surface area contributed by atoms with Crippen LogP contribution in [0.15, 0.2) is 0 Å². The number of hydrogen-bond donors (Lipinski definition) is 1. The zero-order valence-corrected chi connectivity index (χ0v) is 1.84. The van der Waals surface area contributed by atoms with Gasteiger partial charge in [0.15, 0.2) is 0 Å². The molecule has 0 aliphatic carbocycles.